The van der Waals surface area contributed by atoms with E-state index in [2.05, 4.69) is 28.0 Å². The van der Waals surface area contributed by atoms with E-state index in [9.17, 15) is 9.18 Å². The van der Waals surface area contributed by atoms with Gasteiger partial charge in [-0.2, -0.15) is 0 Å². The molecule has 1 aliphatic rings. The van der Waals surface area contributed by atoms with Crippen LogP contribution in [-0.4, -0.2) is 59.9 Å². The van der Waals surface area contributed by atoms with Gasteiger partial charge in [0.05, 0.1) is 6.04 Å². The second kappa shape index (κ2) is 13.9. The Morgan fingerprint density at radius 1 is 0.892 bits per heavy atom. The molecule has 0 bridgehead atoms. The van der Waals surface area contributed by atoms with Gasteiger partial charge in [-0.1, -0.05) is 50.2 Å². The van der Waals surface area contributed by atoms with Gasteiger partial charge in [-0.3, -0.25) is 14.6 Å². The molecular weight excluding hydrogens is 463 g/mol. The van der Waals surface area contributed by atoms with Crippen molar-refractivity contribution in [3.05, 3.63) is 101 Å². The van der Waals surface area contributed by atoms with Crippen molar-refractivity contribution in [2.75, 3.05) is 45.0 Å². The first kappa shape index (κ1) is 28.4. The predicted molar refractivity (Wildman–Crippen MR) is 151 cm³/mol. The van der Waals surface area contributed by atoms with Gasteiger partial charge in [-0.25, -0.2) is 4.39 Å². The molecule has 0 radical (unpaired) electrons. The van der Waals surface area contributed by atoms with Crippen LogP contribution in [0.4, 0.5) is 10.1 Å². The third-order valence-corrected chi connectivity index (χ3v) is 6.84. The van der Waals surface area contributed by atoms with Crippen LogP contribution >= 0.6 is 0 Å². The first-order chi connectivity index (χ1) is 18.0. The highest BCUT2D eigenvalue weighted by atomic mass is 19.1. The van der Waals surface area contributed by atoms with E-state index in [0.717, 1.165) is 55.1 Å². The Morgan fingerprint density at radius 3 is 2.08 bits per heavy atom. The van der Waals surface area contributed by atoms with E-state index >= 15 is 0 Å². The lowest BCUT2D eigenvalue weighted by Crippen LogP contribution is -2.47. The Balaban J connectivity index is 0.00000186. The van der Waals surface area contributed by atoms with E-state index in [4.69, 9.17) is 5.73 Å². The van der Waals surface area contributed by atoms with Crippen LogP contribution in [0.15, 0.2) is 72.8 Å². The van der Waals surface area contributed by atoms with Crippen molar-refractivity contribution in [1.29, 1.82) is 0 Å². The Hall–Kier alpha value is -3.22. The standard InChI is InChI=1S/C29H35FN4O.C2H6/c1-3-33(4-2)29(35)24-12-10-23(11-13-24)28(25-6-5-7-27(31)20-25)34-18-16-32(17-19-34)21-22-8-14-26(30)15-9-22;1-2/h5-15,20,28H,3-4,16-19,21,31H2,1-2H3;1-2H3/t28-;/m1./s1. The van der Waals surface area contributed by atoms with E-state index < -0.39 is 0 Å². The molecule has 0 spiro atoms. The van der Waals surface area contributed by atoms with Crippen molar-refractivity contribution < 1.29 is 9.18 Å². The van der Waals surface area contributed by atoms with Gasteiger partial charge >= 0.3 is 0 Å². The molecule has 0 aromatic heterocycles. The minimum Gasteiger partial charge on any atom is -0.399 e. The molecule has 4 rings (SSSR count). The van der Waals surface area contributed by atoms with Gasteiger partial charge < -0.3 is 10.6 Å². The van der Waals surface area contributed by atoms with Crippen LogP contribution in [0.5, 0.6) is 0 Å². The van der Waals surface area contributed by atoms with E-state index in [-0.39, 0.29) is 17.8 Å². The SMILES string of the molecule is CC.CCN(CC)C(=O)c1ccc([C@H](c2cccc(N)c2)N2CCN(Cc3ccc(F)cc3)CC2)cc1. The Labute approximate surface area is 221 Å². The molecule has 0 aliphatic carbocycles. The highest BCUT2D eigenvalue weighted by Gasteiger charge is 2.27. The molecule has 1 fully saturated rings. The summed E-state index contributed by atoms with van der Waals surface area (Å²) in [5.41, 5.74) is 11.0. The maximum Gasteiger partial charge on any atom is 0.253 e. The summed E-state index contributed by atoms with van der Waals surface area (Å²) in [5, 5.41) is 0. The van der Waals surface area contributed by atoms with Gasteiger partial charge in [-0.15, -0.1) is 0 Å². The molecule has 1 atom stereocenters. The van der Waals surface area contributed by atoms with Crippen LogP contribution < -0.4 is 5.73 Å². The van der Waals surface area contributed by atoms with E-state index in [0.29, 0.717) is 18.7 Å². The summed E-state index contributed by atoms with van der Waals surface area (Å²) in [6, 6.07) is 23.0. The van der Waals surface area contributed by atoms with E-state index in [1.165, 1.54) is 12.1 Å². The summed E-state index contributed by atoms with van der Waals surface area (Å²) < 4.78 is 13.3. The number of amides is 1. The fourth-order valence-corrected chi connectivity index (χ4v) is 4.87. The lowest BCUT2D eigenvalue weighted by atomic mass is 9.95. The minimum atomic E-state index is -0.201. The molecule has 1 heterocycles. The van der Waals surface area contributed by atoms with Crippen molar-refractivity contribution in [3.8, 4) is 0 Å². The van der Waals surface area contributed by atoms with Gasteiger partial charge in [0.25, 0.3) is 5.91 Å². The fraction of sp³-hybridized carbons (Fsp3) is 0.387. The number of halogens is 1. The van der Waals surface area contributed by atoms with Gasteiger partial charge in [0, 0.05) is 57.1 Å². The quantitative estimate of drug-likeness (QED) is 0.393. The number of nitrogens with zero attached hydrogens (tertiary/aromatic N) is 3. The molecule has 0 unspecified atom stereocenters. The zero-order valence-electron chi connectivity index (χ0n) is 22.7. The highest BCUT2D eigenvalue weighted by Crippen LogP contribution is 2.31. The summed E-state index contributed by atoms with van der Waals surface area (Å²) in [5.74, 6) is -0.134. The molecule has 1 saturated heterocycles. The van der Waals surface area contributed by atoms with Crippen LogP contribution in [-0.2, 0) is 6.54 Å². The number of anilines is 1. The largest absolute Gasteiger partial charge is 0.399 e. The van der Waals surface area contributed by atoms with Crippen molar-refractivity contribution in [1.82, 2.24) is 14.7 Å². The first-order valence-electron chi connectivity index (χ1n) is 13.4. The number of hydrogen-bond donors (Lipinski definition) is 1. The summed E-state index contributed by atoms with van der Waals surface area (Å²) in [6.07, 6.45) is 0. The second-order valence-electron chi connectivity index (χ2n) is 9.11. The van der Waals surface area contributed by atoms with Crippen LogP contribution in [0.25, 0.3) is 0 Å². The third-order valence-electron chi connectivity index (χ3n) is 6.84. The lowest BCUT2D eigenvalue weighted by Gasteiger charge is -2.40. The van der Waals surface area contributed by atoms with Gasteiger partial charge in [-0.05, 0) is 66.9 Å². The van der Waals surface area contributed by atoms with Crippen LogP contribution in [0.3, 0.4) is 0 Å². The van der Waals surface area contributed by atoms with Crippen molar-refractivity contribution in [2.45, 2.75) is 40.3 Å². The average Bonchev–Trinajstić information content (AvgIpc) is 2.93. The van der Waals surface area contributed by atoms with Crippen molar-refractivity contribution >= 4 is 11.6 Å². The smallest absolute Gasteiger partial charge is 0.253 e. The van der Waals surface area contributed by atoms with Crippen LogP contribution in [0.1, 0.15) is 60.8 Å². The highest BCUT2D eigenvalue weighted by molar-refractivity contribution is 5.94. The van der Waals surface area contributed by atoms with Crippen LogP contribution in [0, 0.1) is 5.82 Å². The molecule has 3 aromatic rings. The normalized spacial score (nSPS) is 14.9. The predicted octanol–water partition coefficient (Wildman–Crippen LogP) is 5.82. The summed E-state index contributed by atoms with van der Waals surface area (Å²) in [6.45, 7) is 13.9. The molecule has 198 valence electrons. The summed E-state index contributed by atoms with van der Waals surface area (Å²) in [4.78, 5) is 19.5. The molecule has 1 aliphatic heterocycles. The van der Waals surface area contributed by atoms with Gasteiger partial charge in [0.1, 0.15) is 5.82 Å². The molecule has 5 nitrogen and oxygen atoms in total. The zero-order chi connectivity index (χ0) is 26.8. The number of carbonyl (C=O) groups excluding carboxylic acids is 1. The Morgan fingerprint density at radius 2 is 1.51 bits per heavy atom. The number of benzene rings is 3. The van der Waals surface area contributed by atoms with Crippen LogP contribution in [0.2, 0.25) is 0 Å². The third kappa shape index (κ3) is 7.40. The number of nitrogens with two attached hydrogens (primary N) is 1. The van der Waals surface area contributed by atoms with Crippen molar-refractivity contribution in [3.63, 3.8) is 0 Å². The minimum absolute atomic E-state index is 0.0593. The van der Waals surface area contributed by atoms with E-state index in [1.807, 2.05) is 75.1 Å². The molecule has 6 heteroatoms. The zero-order valence-corrected chi connectivity index (χ0v) is 22.7. The maximum absolute atomic E-state index is 13.3. The Bertz CT molecular complexity index is 1100. The van der Waals surface area contributed by atoms with E-state index in [1.54, 1.807) is 0 Å². The Kier molecular flexibility index (Phi) is 10.7. The molecule has 1 amide bonds. The molecule has 37 heavy (non-hydrogen) atoms. The fourth-order valence-electron chi connectivity index (χ4n) is 4.87. The molecule has 2 N–H and O–H groups in total. The monoisotopic (exact) mass is 504 g/mol. The number of nitrogen functional groups attached to an aromatic ring is 1. The summed E-state index contributed by atoms with van der Waals surface area (Å²) >= 11 is 0. The topological polar surface area (TPSA) is 52.8 Å². The second-order valence-corrected chi connectivity index (χ2v) is 9.11. The molecular formula is C31H41FN4O. The number of rotatable bonds is 8. The number of piperazine rings is 1. The maximum atomic E-state index is 13.3. The van der Waals surface area contributed by atoms with Crippen molar-refractivity contribution in [2.24, 2.45) is 0 Å². The molecule has 0 saturated carbocycles. The lowest BCUT2D eigenvalue weighted by molar-refractivity contribution is 0.0773. The van der Waals surface area contributed by atoms with Gasteiger partial charge in [0.2, 0.25) is 0 Å². The first-order valence-corrected chi connectivity index (χ1v) is 13.4. The molecule has 3 aromatic carbocycles. The average molecular weight is 505 g/mol. The van der Waals surface area contributed by atoms with Gasteiger partial charge in [0.15, 0.2) is 0 Å². The summed E-state index contributed by atoms with van der Waals surface area (Å²) in [7, 11) is 0. The number of hydrogen-bond acceptors (Lipinski definition) is 4. The number of carbonyl (C=O) groups is 1.